The van der Waals surface area contributed by atoms with Gasteiger partial charge in [-0.3, -0.25) is 9.59 Å². The number of rotatable bonds is 3. The number of benzene rings is 1. The summed E-state index contributed by atoms with van der Waals surface area (Å²) in [5.41, 5.74) is 0.550. The Labute approximate surface area is 127 Å². The third-order valence-electron chi connectivity index (χ3n) is 4.07. The molecule has 1 saturated heterocycles. The summed E-state index contributed by atoms with van der Waals surface area (Å²) in [6.07, 6.45) is 0.954. The van der Waals surface area contributed by atoms with Crippen LogP contribution >= 0.6 is 0 Å². The fraction of sp³-hybridized carbons (Fsp3) is 0.375. The Morgan fingerprint density at radius 1 is 1.32 bits per heavy atom. The number of hydrogen-bond acceptors (Lipinski definition) is 4. The van der Waals surface area contributed by atoms with Crippen LogP contribution in [0, 0.1) is 5.92 Å². The Morgan fingerprint density at radius 2 is 2.05 bits per heavy atom. The first-order chi connectivity index (χ1) is 10.6. The van der Waals surface area contributed by atoms with Gasteiger partial charge in [-0.15, -0.1) is 0 Å². The van der Waals surface area contributed by atoms with Crippen molar-refractivity contribution in [2.45, 2.75) is 12.8 Å². The van der Waals surface area contributed by atoms with Gasteiger partial charge in [0.15, 0.2) is 17.1 Å². The molecule has 1 amide bonds. The number of fused-ring (bicyclic) bond motifs is 1. The minimum atomic E-state index is -0.791. The average molecular weight is 303 g/mol. The SMILES string of the molecule is COc1cccc2cc(C(=O)N3CCC(C(=O)O)CC3)oc12. The second kappa shape index (κ2) is 5.71. The average Bonchev–Trinajstić information content (AvgIpc) is 2.98. The van der Waals surface area contributed by atoms with E-state index in [9.17, 15) is 9.59 Å². The van der Waals surface area contributed by atoms with Gasteiger partial charge < -0.3 is 19.2 Å². The first-order valence-corrected chi connectivity index (χ1v) is 7.19. The summed E-state index contributed by atoms with van der Waals surface area (Å²) in [7, 11) is 1.55. The van der Waals surface area contributed by atoms with Gasteiger partial charge in [0.2, 0.25) is 0 Å². The number of para-hydroxylation sites is 1. The predicted octanol–water partition coefficient (Wildman–Crippen LogP) is 2.38. The van der Waals surface area contributed by atoms with Crippen LogP contribution < -0.4 is 4.74 Å². The fourth-order valence-electron chi connectivity index (χ4n) is 2.79. The van der Waals surface area contributed by atoms with Crippen molar-refractivity contribution < 1.29 is 23.8 Å². The molecule has 3 rings (SSSR count). The number of carbonyl (C=O) groups is 2. The van der Waals surface area contributed by atoms with E-state index in [0.717, 1.165) is 5.39 Å². The van der Waals surface area contributed by atoms with E-state index < -0.39 is 5.97 Å². The highest BCUT2D eigenvalue weighted by molar-refractivity contribution is 5.97. The number of carboxylic acid groups (broad SMARTS) is 1. The standard InChI is InChI=1S/C16H17NO5/c1-21-12-4-2-3-11-9-13(22-14(11)12)15(18)17-7-5-10(6-8-17)16(19)20/h2-4,9-10H,5-8H2,1H3,(H,19,20). The van der Waals surface area contributed by atoms with Gasteiger partial charge in [0.25, 0.3) is 5.91 Å². The number of likely N-dealkylation sites (tertiary alicyclic amines) is 1. The van der Waals surface area contributed by atoms with Crippen LogP contribution in [-0.2, 0) is 4.79 Å². The molecule has 1 N–H and O–H groups in total. The lowest BCUT2D eigenvalue weighted by molar-refractivity contribution is -0.143. The molecule has 116 valence electrons. The minimum Gasteiger partial charge on any atom is -0.493 e. The molecule has 22 heavy (non-hydrogen) atoms. The van der Waals surface area contributed by atoms with Crippen LogP contribution in [0.15, 0.2) is 28.7 Å². The molecule has 1 aliphatic heterocycles. The predicted molar refractivity (Wildman–Crippen MR) is 79.0 cm³/mol. The lowest BCUT2D eigenvalue weighted by Gasteiger charge is -2.29. The molecule has 0 bridgehead atoms. The van der Waals surface area contributed by atoms with Crippen LogP contribution in [-0.4, -0.2) is 42.1 Å². The van der Waals surface area contributed by atoms with Crippen molar-refractivity contribution in [2.75, 3.05) is 20.2 Å². The fourth-order valence-corrected chi connectivity index (χ4v) is 2.79. The van der Waals surface area contributed by atoms with Crippen LogP contribution in [0.2, 0.25) is 0 Å². The van der Waals surface area contributed by atoms with E-state index in [2.05, 4.69) is 0 Å². The number of methoxy groups -OCH3 is 1. The molecule has 1 fully saturated rings. The maximum absolute atomic E-state index is 12.5. The highest BCUT2D eigenvalue weighted by atomic mass is 16.5. The van der Waals surface area contributed by atoms with E-state index in [1.807, 2.05) is 12.1 Å². The van der Waals surface area contributed by atoms with Crippen molar-refractivity contribution in [3.8, 4) is 5.75 Å². The maximum atomic E-state index is 12.5. The minimum absolute atomic E-state index is 0.206. The van der Waals surface area contributed by atoms with Crippen molar-refractivity contribution >= 4 is 22.8 Å². The number of ether oxygens (including phenoxy) is 1. The number of carboxylic acids is 1. The summed E-state index contributed by atoms with van der Waals surface area (Å²) in [4.78, 5) is 25.1. The van der Waals surface area contributed by atoms with Gasteiger partial charge in [0.1, 0.15) is 0 Å². The molecular weight excluding hydrogens is 286 g/mol. The summed E-state index contributed by atoms with van der Waals surface area (Å²) in [6.45, 7) is 0.869. The molecule has 1 aromatic heterocycles. The molecule has 0 atom stereocenters. The number of piperidine rings is 1. The molecule has 0 radical (unpaired) electrons. The zero-order valence-corrected chi connectivity index (χ0v) is 12.2. The molecule has 2 heterocycles. The van der Waals surface area contributed by atoms with E-state index in [0.29, 0.717) is 37.3 Å². The molecular formula is C16H17NO5. The van der Waals surface area contributed by atoms with E-state index in [-0.39, 0.29) is 17.6 Å². The summed E-state index contributed by atoms with van der Waals surface area (Å²) in [6, 6.07) is 7.17. The van der Waals surface area contributed by atoms with Gasteiger partial charge in [-0.2, -0.15) is 0 Å². The van der Waals surface area contributed by atoms with Crippen LogP contribution in [0.3, 0.4) is 0 Å². The number of hydrogen-bond donors (Lipinski definition) is 1. The van der Waals surface area contributed by atoms with Gasteiger partial charge in [0.05, 0.1) is 13.0 Å². The van der Waals surface area contributed by atoms with Crippen LogP contribution in [0.4, 0.5) is 0 Å². The quantitative estimate of drug-likeness (QED) is 0.941. The Morgan fingerprint density at radius 3 is 2.68 bits per heavy atom. The zero-order valence-electron chi connectivity index (χ0n) is 12.2. The number of aliphatic carboxylic acids is 1. The smallest absolute Gasteiger partial charge is 0.306 e. The summed E-state index contributed by atoms with van der Waals surface area (Å²) in [5, 5.41) is 9.81. The molecule has 0 spiro atoms. The van der Waals surface area contributed by atoms with Gasteiger partial charge in [-0.1, -0.05) is 12.1 Å². The van der Waals surface area contributed by atoms with Gasteiger partial charge in [-0.05, 0) is 25.0 Å². The summed E-state index contributed by atoms with van der Waals surface area (Å²) >= 11 is 0. The van der Waals surface area contributed by atoms with Gasteiger partial charge in [0, 0.05) is 18.5 Å². The third-order valence-corrected chi connectivity index (χ3v) is 4.07. The molecule has 1 aliphatic rings. The zero-order chi connectivity index (χ0) is 15.7. The number of nitrogens with zero attached hydrogens (tertiary/aromatic N) is 1. The van der Waals surface area contributed by atoms with Crippen molar-refractivity contribution in [1.82, 2.24) is 4.90 Å². The molecule has 0 unspecified atom stereocenters. The van der Waals surface area contributed by atoms with E-state index in [1.165, 1.54) is 0 Å². The summed E-state index contributed by atoms with van der Waals surface area (Å²) < 4.78 is 10.9. The van der Waals surface area contributed by atoms with Crippen molar-refractivity contribution in [3.05, 3.63) is 30.0 Å². The molecule has 1 aromatic carbocycles. The van der Waals surface area contributed by atoms with Crippen LogP contribution in [0.1, 0.15) is 23.4 Å². The van der Waals surface area contributed by atoms with E-state index >= 15 is 0 Å². The van der Waals surface area contributed by atoms with Crippen LogP contribution in [0.5, 0.6) is 5.75 Å². The topological polar surface area (TPSA) is 80.0 Å². The third kappa shape index (κ3) is 2.52. The van der Waals surface area contributed by atoms with Crippen molar-refractivity contribution in [2.24, 2.45) is 5.92 Å². The monoisotopic (exact) mass is 303 g/mol. The first-order valence-electron chi connectivity index (χ1n) is 7.19. The summed E-state index contributed by atoms with van der Waals surface area (Å²) in [5.74, 6) is -0.517. The largest absolute Gasteiger partial charge is 0.493 e. The molecule has 6 nitrogen and oxygen atoms in total. The Kier molecular flexibility index (Phi) is 3.75. The molecule has 0 aliphatic carbocycles. The van der Waals surface area contributed by atoms with Crippen molar-refractivity contribution in [3.63, 3.8) is 0 Å². The molecule has 2 aromatic rings. The highest BCUT2D eigenvalue weighted by Crippen LogP contribution is 2.29. The second-order valence-electron chi connectivity index (χ2n) is 5.39. The maximum Gasteiger partial charge on any atom is 0.306 e. The number of carbonyl (C=O) groups excluding carboxylic acids is 1. The highest BCUT2D eigenvalue weighted by Gasteiger charge is 2.29. The number of amides is 1. The van der Waals surface area contributed by atoms with Crippen molar-refractivity contribution in [1.29, 1.82) is 0 Å². The van der Waals surface area contributed by atoms with Gasteiger partial charge in [-0.25, -0.2) is 0 Å². The number of furan rings is 1. The lowest BCUT2D eigenvalue weighted by atomic mass is 9.97. The van der Waals surface area contributed by atoms with E-state index in [4.69, 9.17) is 14.3 Å². The Balaban J connectivity index is 1.80. The second-order valence-corrected chi connectivity index (χ2v) is 5.39. The Hall–Kier alpha value is -2.50. The molecule has 0 saturated carbocycles. The lowest BCUT2D eigenvalue weighted by Crippen LogP contribution is -2.40. The molecule has 6 heteroatoms. The van der Waals surface area contributed by atoms with Gasteiger partial charge >= 0.3 is 5.97 Å². The van der Waals surface area contributed by atoms with Crippen LogP contribution in [0.25, 0.3) is 11.0 Å². The van der Waals surface area contributed by atoms with E-state index in [1.54, 1.807) is 24.1 Å². The Bertz CT molecular complexity index is 712. The first kappa shape index (κ1) is 14.4. The normalized spacial score (nSPS) is 16.0.